The van der Waals surface area contributed by atoms with Crippen molar-refractivity contribution in [1.29, 1.82) is 0 Å². The van der Waals surface area contributed by atoms with Crippen molar-refractivity contribution in [3.8, 4) is 5.75 Å². The second-order valence-electron chi connectivity index (χ2n) is 5.93. The van der Waals surface area contributed by atoms with Gasteiger partial charge in [0.2, 0.25) is 0 Å². The molecular formula is C20H26ClNO6. The maximum Gasteiger partial charge on any atom is 0.414 e. The quantitative estimate of drug-likeness (QED) is 0.428. The fraction of sp³-hybridized carbons (Fsp3) is 0.400. The highest BCUT2D eigenvalue weighted by molar-refractivity contribution is 6.35. The van der Waals surface area contributed by atoms with Crippen LogP contribution < -0.4 is 10.1 Å². The minimum atomic E-state index is -1.82. The average molecular weight is 412 g/mol. The van der Waals surface area contributed by atoms with Gasteiger partial charge in [-0.05, 0) is 25.5 Å². The molecule has 0 amide bonds. The van der Waals surface area contributed by atoms with E-state index >= 15 is 0 Å². The Kier molecular flexibility index (Phi) is 10.9. The summed E-state index contributed by atoms with van der Waals surface area (Å²) in [7, 11) is 0. The molecule has 3 N–H and O–H groups in total. The lowest BCUT2D eigenvalue weighted by Crippen LogP contribution is -2.29. The van der Waals surface area contributed by atoms with Crippen LogP contribution in [0.4, 0.5) is 0 Å². The van der Waals surface area contributed by atoms with E-state index in [0.717, 1.165) is 34.5 Å². The fourth-order valence-electron chi connectivity index (χ4n) is 2.19. The molecule has 0 heterocycles. The first-order valence-electron chi connectivity index (χ1n) is 8.94. The van der Waals surface area contributed by atoms with Crippen LogP contribution in [0.2, 0.25) is 5.02 Å². The predicted octanol–water partition coefficient (Wildman–Crippen LogP) is 3.43. The van der Waals surface area contributed by atoms with Crippen molar-refractivity contribution < 1.29 is 29.3 Å². The molecule has 2 aromatic rings. The summed E-state index contributed by atoms with van der Waals surface area (Å²) in [5.41, 5.74) is 0. The number of carbonyl (C=O) groups is 2. The molecule has 0 bridgehead atoms. The smallest absolute Gasteiger partial charge is 0.414 e. The van der Waals surface area contributed by atoms with Crippen LogP contribution in [-0.2, 0) is 14.3 Å². The molecule has 28 heavy (non-hydrogen) atoms. The summed E-state index contributed by atoms with van der Waals surface area (Å²) in [6.07, 6.45) is 1.13. The van der Waals surface area contributed by atoms with Crippen LogP contribution in [-0.4, -0.2) is 54.6 Å². The number of halogens is 1. The van der Waals surface area contributed by atoms with E-state index in [2.05, 4.69) is 19.2 Å². The second-order valence-corrected chi connectivity index (χ2v) is 6.33. The van der Waals surface area contributed by atoms with Crippen LogP contribution >= 0.6 is 11.6 Å². The molecule has 0 aliphatic heterocycles. The van der Waals surface area contributed by atoms with Crippen LogP contribution in [0.3, 0.4) is 0 Å². The Labute approximate surface area is 169 Å². The largest absolute Gasteiger partial charge is 0.491 e. The first kappa shape index (κ1) is 23.7. The van der Waals surface area contributed by atoms with Crippen molar-refractivity contribution in [2.75, 3.05) is 26.4 Å². The molecule has 1 unspecified atom stereocenters. The maximum absolute atomic E-state index is 9.10. The van der Waals surface area contributed by atoms with Crippen molar-refractivity contribution >= 4 is 34.3 Å². The van der Waals surface area contributed by atoms with Crippen molar-refractivity contribution in [3.63, 3.8) is 0 Å². The first-order valence-corrected chi connectivity index (χ1v) is 9.32. The van der Waals surface area contributed by atoms with Crippen LogP contribution in [0, 0.1) is 0 Å². The molecule has 1 atom stereocenters. The molecule has 0 spiro atoms. The topological polar surface area (TPSA) is 105 Å². The standard InChI is InChI=1S/C18H24ClNO2.C2H2O4/c1-3-14(2)20-10-11-21-12-13-22-18-9-8-17(19)15-6-4-5-7-16(15)18;3-1(4)2(5)6/h4-9,14,20H,3,10-13H2,1-2H3;(H,3,4)(H,5,6). The van der Waals surface area contributed by atoms with Crippen molar-refractivity contribution in [3.05, 3.63) is 41.4 Å². The zero-order chi connectivity index (χ0) is 20.9. The Morgan fingerprint density at radius 2 is 1.68 bits per heavy atom. The number of rotatable bonds is 9. The maximum atomic E-state index is 9.10. The van der Waals surface area contributed by atoms with Crippen LogP contribution in [0.5, 0.6) is 5.75 Å². The lowest BCUT2D eigenvalue weighted by Gasteiger charge is -2.12. The summed E-state index contributed by atoms with van der Waals surface area (Å²) in [4.78, 5) is 18.2. The Balaban J connectivity index is 0.000000568. The average Bonchev–Trinajstić information content (AvgIpc) is 2.69. The van der Waals surface area contributed by atoms with E-state index in [1.807, 2.05) is 36.4 Å². The molecule has 0 fully saturated rings. The summed E-state index contributed by atoms with van der Waals surface area (Å²) in [5, 5.41) is 21.0. The monoisotopic (exact) mass is 411 g/mol. The minimum absolute atomic E-state index is 0.537. The van der Waals surface area contributed by atoms with Crippen molar-refractivity contribution in [2.45, 2.75) is 26.3 Å². The van der Waals surface area contributed by atoms with Gasteiger partial charge >= 0.3 is 11.9 Å². The van der Waals surface area contributed by atoms with E-state index in [4.69, 9.17) is 40.9 Å². The third-order valence-corrected chi connectivity index (χ3v) is 4.18. The van der Waals surface area contributed by atoms with Crippen LogP contribution in [0.1, 0.15) is 20.3 Å². The highest BCUT2D eigenvalue weighted by Crippen LogP contribution is 2.31. The molecule has 0 aromatic heterocycles. The van der Waals surface area contributed by atoms with Crippen LogP contribution in [0.25, 0.3) is 10.8 Å². The highest BCUT2D eigenvalue weighted by Gasteiger charge is 2.05. The number of benzene rings is 2. The zero-order valence-corrected chi connectivity index (χ0v) is 16.7. The number of ether oxygens (including phenoxy) is 2. The molecular weight excluding hydrogens is 386 g/mol. The SMILES string of the molecule is CCC(C)NCCOCCOc1ccc(Cl)c2ccccc12.O=C(O)C(=O)O. The fourth-order valence-corrected chi connectivity index (χ4v) is 2.42. The summed E-state index contributed by atoms with van der Waals surface area (Å²) in [6, 6.07) is 12.3. The number of carboxylic acid groups (broad SMARTS) is 2. The van der Waals surface area contributed by atoms with Gasteiger partial charge in [-0.1, -0.05) is 42.8 Å². The number of aliphatic carboxylic acids is 2. The van der Waals surface area contributed by atoms with E-state index in [1.54, 1.807) is 0 Å². The van der Waals surface area contributed by atoms with Gasteiger partial charge in [0.1, 0.15) is 12.4 Å². The van der Waals surface area contributed by atoms with Gasteiger partial charge in [0, 0.05) is 28.4 Å². The Hall–Kier alpha value is -2.35. The molecule has 2 rings (SSSR count). The zero-order valence-electron chi connectivity index (χ0n) is 16.0. The van der Waals surface area contributed by atoms with E-state index < -0.39 is 11.9 Å². The summed E-state index contributed by atoms with van der Waals surface area (Å²) in [6.45, 7) is 7.04. The Bertz CT molecular complexity index is 755. The molecule has 154 valence electrons. The second kappa shape index (κ2) is 12.9. The number of hydrogen-bond donors (Lipinski definition) is 3. The Morgan fingerprint density at radius 3 is 2.29 bits per heavy atom. The van der Waals surface area contributed by atoms with Gasteiger partial charge in [-0.3, -0.25) is 0 Å². The molecule has 0 saturated carbocycles. The van der Waals surface area contributed by atoms with Gasteiger partial charge in [-0.15, -0.1) is 0 Å². The molecule has 8 heteroatoms. The lowest BCUT2D eigenvalue weighted by molar-refractivity contribution is -0.159. The number of hydrogen-bond acceptors (Lipinski definition) is 5. The third kappa shape index (κ3) is 8.56. The van der Waals surface area contributed by atoms with E-state index in [-0.39, 0.29) is 0 Å². The van der Waals surface area contributed by atoms with Gasteiger partial charge < -0.3 is 25.0 Å². The highest BCUT2D eigenvalue weighted by atomic mass is 35.5. The van der Waals surface area contributed by atoms with Gasteiger partial charge in [-0.2, -0.15) is 0 Å². The van der Waals surface area contributed by atoms with Gasteiger partial charge in [0.15, 0.2) is 0 Å². The van der Waals surface area contributed by atoms with E-state index in [9.17, 15) is 0 Å². The Morgan fingerprint density at radius 1 is 1.04 bits per heavy atom. The molecule has 0 radical (unpaired) electrons. The molecule has 0 aliphatic rings. The number of nitrogens with one attached hydrogen (secondary N) is 1. The summed E-state index contributed by atoms with van der Waals surface area (Å²) in [5.74, 6) is -2.80. The third-order valence-electron chi connectivity index (χ3n) is 3.85. The predicted molar refractivity (Wildman–Crippen MR) is 108 cm³/mol. The molecule has 7 nitrogen and oxygen atoms in total. The van der Waals surface area contributed by atoms with E-state index in [0.29, 0.717) is 25.9 Å². The summed E-state index contributed by atoms with van der Waals surface area (Å²) >= 11 is 6.20. The van der Waals surface area contributed by atoms with Crippen LogP contribution in [0.15, 0.2) is 36.4 Å². The molecule has 0 saturated heterocycles. The minimum Gasteiger partial charge on any atom is -0.491 e. The molecule has 2 aromatic carbocycles. The van der Waals surface area contributed by atoms with Crippen molar-refractivity contribution in [2.24, 2.45) is 0 Å². The number of fused-ring (bicyclic) bond motifs is 1. The lowest BCUT2D eigenvalue weighted by atomic mass is 10.1. The van der Waals surface area contributed by atoms with Crippen molar-refractivity contribution in [1.82, 2.24) is 5.32 Å². The van der Waals surface area contributed by atoms with E-state index in [1.165, 1.54) is 0 Å². The van der Waals surface area contributed by atoms with Gasteiger partial charge in [-0.25, -0.2) is 9.59 Å². The summed E-state index contributed by atoms with van der Waals surface area (Å²) < 4.78 is 11.4. The van der Waals surface area contributed by atoms with Gasteiger partial charge in [0.25, 0.3) is 0 Å². The first-order chi connectivity index (χ1) is 13.4. The molecule has 0 aliphatic carbocycles. The van der Waals surface area contributed by atoms with Gasteiger partial charge in [0.05, 0.1) is 13.2 Å². The number of carboxylic acids is 2. The normalized spacial score (nSPS) is 11.4.